The minimum Gasteiger partial charge on any atom is -0.481 e. The fraction of sp³-hybridized carbons (Fsp3) is 0.400. The number of carboxylic acid groups (broad SMARTS) is 1. The molecular formula is C20H22N4O4. The molecule has 2 aliphatic heterocycles. The Labute approximate surface area is 162 Å². The summed E-state index contributed by atoms with van der Waals surface area (Å²) in [6, 6.07) is 7.28. The summed E-state index contributed by atoms with van der Waals surface area (Å²) in [5.74, 6) is -1.20. The molecule has 0 radical (unpaired) electrons. The number of aromatic amines is 1. The maximum atomic E-state index is 13.0. The van der Waals surface area contributed by atoms with E-state index in [0.29, 0.717) is 37.3 Å². The molecular weight excluding hydrogens is 360 g/mol. The lowest BCUT2D eigenvalue weighted by molar-refractivity contribution is -0.145. The largest absolute Gasteiger partial charge is 0.481 e. The van der Waals surface area contributed by atoms with Gasteiger partial charge in [0.2, 0.25) is 5.91 Å². The lowest BCUT2D eigenvalue weighted by Crippen LogP contribution is -2.56. The van der Waals surface area contributed by atoms with E-state index < -0.39 is 17.4 Å². The molecule has 8 heteroatoms. The highest BCUT2D eigenvalue weighted by Gasteiger charge is 2.55. The van der Waals surface area contributed by atoms with Gasteiger partial charge in [0.05, 0.1) is 11.5 Å². The standard InChI is InChI=1S/C20H22N4O4/c1-23-16(25)12-15(19(27)28)20(23)5-9-24(10-6-20)18(26)14-4-2-3-13(11-14)17-21-7-8-22-17/h2-4,7-8,11,15H,5-6,9-10,12H2,1H3,(H,21,22)(H,27,28)/t15-/m1/s1. The van der Waals surface area contributed by atoms with Crippen molar-refractivity contribution in [2.45, 2.75) is 24.8 Å². The third-order valence-electron chi connectivity index (χ3n) is 6.17. The Morgan fingerprint density at radius 1 is 1.29 bits per heavy atom. The molecule has 1 spiro atoms. The van der Waals surface area contributed by atoms with Crippen molar-refractivity contribution in [3.05, 3.63) is 42.2 Å². The second-order valence-corrected chi connectivity index (χ2v) is 7.46. The highest BCUT2D eigenvalue weighted by molar-refractivity contribution is 5.95. The van der Waals surface area contributed by atoms with Crippen LogP contribution in [0.15, 0.2) is 36.7 Å². The number of benzene rings is 1. The van der Waals surface area contributed by atoms with Gasteiger partial charge in [-0.3, -0.25) is 14.4 Å². The van der Waals surface area contributed by atoms with Gasteiger partial charge in [0.1, 0.15) is 5.82 Å². The van der Waals surface area contributed by atoms with Crippen LogP contribution >= 0.6 is 0 Å². The molecule has 2 saturated heterocycles. The summed E-state index contributed by atoms with van der Waals surface area (Å²) >= 11 is 0. The first-order chi connectivity index (χ1) is 13.4. The van der Waals surface area contributed by atoms with Crippen LogP contribution in [0, 0.1) is 5.92 Å². The van der Waals surface area contributed by atoms with E-state index in [1.807, 2.05) is 12.1 Å². The Bertz CT molecular complexity index is 916. The van der Waals surface area contributed by atoms with E-state index in [9.17, 15) is 19.5 Å². The van der Waals surface area contributed by atoms with Gasteiger partial charge in [-0.15, -0.1) is 0 Å². The van der Waals surface area contributed by atoms with Crippen LogP contribution in [-0.2, 0) is 9.59 Å². The van der Waals surface area contributed by atoms with Gasteiger partial charge in [0, 0.05) is 50.1 Å². The van der Waals surface area contributed by atoms with E-state index in [1.165, 1.54) is 0 Å². The number of aromatic nitrogens is 2. The summed E-state index contributed by atoms with van der Waals surface area (Å²) in [7, 11) is 1.68. The molecule has 0 aliphatic carbocycles. The molecule has 1 atom stereocenters. The number of carbonyl (C=O) groups is 3. The van der Waals surface area contributed by atoms with Crippen molar-refractivity contribution < 1.29 is 19.5 Å². The van der Waals surface area contributed by atoms with E-state index in [2.05, 4.69) is 9.97 Å². The van der Waals surface area contributed by atoms with Gasteiger partial charge in [-0.05, 0) is 25.0 Å². The number of piperidine rings is 1. The van der Waals surface area contributed by atoms with Crippen LogP contribution in [0.2, 0.25) is 0 Å². The average Bonchev–Trinajstić information content (AvgIpc) is 3.32. The minimum atomic E-state index is -0.941. The summed E-state index contributed by atoms with van der Waals surface area (Å²) in [5.41, 5.74) is 0.697. The van der Waals surface area contributed by atoms with Gasteiger partial charge in [-0.2, -0.15) is 0 Å². The highest BCUT2D eigenvalue weighted by Crippen LogP contribution is 2.43. The first-order valence-electron chi connectivity index (χ1n) is 9.31. The second kappa shape index (κ2) is 6.78. The van der Waals surface area contributed by atoms with E-state index in [0.717, 1.165) is 5.56 Å². The Kier molecular flexibility index (Phi) is 4.41. The normalized spacial score (nSPS) is 21.3. The Morgan fingerprint density at radius 3 is 2.68 bits per heavy atom. The Hall–Kier alpha value is -3.16. The third-order valence-corrected chi connectivity index (χ3v) is 6.17. The topological polar surface area (TPSA) is 107 Å². The van der Waals surface area contributed by atoms with Gasteiger partial charge in [-0.25, -0.2) is 4.98 Å². The number of aliphatic carboxylic acids is 1. The Balaban J connectivity index is 1.51. The average molecular weight is 382 g/mol. The molecule has 4 rings (SSSR count). The van der Waals surface area contributed by atoms with Crippen molar-refractivity contribution in [3.8, 4) is 11.4 Å². The van der Waals surface area contributed by atoms with Crippen LogP contribution in [-0.4, -0.2) is 68.3 Å². The molecule has 146 valence electrons. The molecule has 0 unspecified atom stereocenters. The van der Waals surface area contributed by atoms with Crippen LogP contribution in [0.25, 0.3) is 11.4 Å². The number of hydrogen-bond acceptors (Lipinski definition) is 4. The summed E-state index contributed by atoms with van der Waals surface area (Å²) in [6.45, 7) is 0.844. The molecule has 0 saturated carbocycles. The molecule has 3 heterocycles. The lowest BCUT2D eigenvalue weighted by Gasteiger charge is -2.45. The van der Waals surface area contributed by atoms with Gasteiger partial charge in [-0.1, -0.05) is 12.1 Å². The number of carbonyl (C=O) groups excluding carboxylic acids is 2. The van der Waals surface area contributed by atoms with Crippen molar-refractivity contribution in [1.29, 1.82) is 0 Å². The third kappa shape index (κ3) is 2.85. The maximum Gasteiger partial charge on any atom is 0.309 e. The van der Waals surface area contributed by atoms with Crippen molar-refractivity contribution in [1.82, 2.24) is 19.8 Å². The summed E-state index contributed by atoms with van der Waals surface area (Å²) in [6.07, 6.45) is 4.36. The van der Waals surface area contributed by atoms with Crippen LogP contribution in [0.3, 0.4) is 0 Å². The molecule has 1 aromatic carbocycles. The zero-order valence-electron chi connectivity index (χ0n) is 15.6. The van der Waals surface area contributed by atoms with E-state index in [1.54, 1.807) is 41.4 Å². The predicted molar refractivity (Wildman–Crippen MR) is 100 cm³/mol. The molecule has 0 bridgehead atoms. The van der Waals surface area contributed by atoms with Crippen LogP contribution in [0.4, 0.5) is 0 Å². The van der Waals surface area contributed by atoms with Gasteiger partial charge >= 0.3 is 5.97 Å². The SMILES string of the molecule is CN1C(=O)C[C@H](C(=O)O)C12CCN(C(=O)c1cccc(-c3ncc[nH]3)c1)CC2. The lowest BCUT2D eigenvalue weighted by atomic mass is 9.77. The van der Waals surface area contributed by atoms with Crippen molar-refractivity contribution >= 4 is 17.8 Å². The fourth-order valence-corrected chi connectivity index (χ4v) is 4.49. The van der Waals surface area contributed by atoms with E-state index in [-0.39, 0.29) is 18.2 Å². The van der Waals surface area contributed by atoms with Gasteiger partial charge in [0.25, 0.3) is 5.91 Å². The molecule has 2 aliphatic rings. The number of H-pyrrole nitrogens is 1. The number of rotatable bonds is 3. The van der Waals surface area contributed by atoms with Crippen LogP contribution in [0.5, 0.6) is 0 Å². The Morgan fingerprint density at radius 2 is 2.04 bits per heavy atom. The van der Waals surface area contributed by atoms with E-state index in [4.69, 9.17) is 0 Å². The van der Waals surface area contributed by atoms with Gasteiger partial charge in [0.15, 0.2) is 0 Å². The number of nitrogens with one attached hydrogen (secondary N) is 1. The predicted octanol–water partition coefficient (Wildman–Crippen LogP) is 1.61. The van der Waals surface area contributed by atoms with E-state index >= 15 is 0 Å². The zero-order valence-corrected chi connectivity index (χ0v) is 15.6. The second-order valence-electron chi connectivity index (χ2n) is 7.46. The molecule has 8 nitrogen and oxygen atoms in total. The minimum absolute atomic E-state index is 0.0327. The summed E-state index contributed by atoms with van der Waals surface area (Å²) in [4.78, 5) is 47.4. The number of nitrogens with zero attached hydrogens (tertiary/aromatic N) is 3. The van der Waals surface area contributed by atoms with Crippen LogP contribution in [0.1, 0.15) is 29.6 Å². The maximum absolute atomic E-state index is 13.0. The smallest absolute Gasteiger partial charge is 0.309 e. The number of imidazole rings is 1. The molecule has 1 aromatic heterocycles. The molecule has 2 N–H and O–H groups in total. The fourth-order valence-electron chi connectivity index (χ4n) is 4.49. The quantitative estimate of drug-likeness (QED) is 0.839. The molecule has 28 heavy (non-hydrogen) atoms. The summed E-state index contributed by atoms with van der Waals surface area (Å²) in [5, 5.41) is 9.57. The highest BCUT2D eigenvalue weighted by atomic mass is 16.4. The number of likely N-dealkylation sites (tertiary alicyclic amines) is 2. The monoisotopic (exact) mass is 382 g/mol. The van der Waals surface area contributed by atoms with Crippen molar-refractivity contribution in [2.75, 3.05) is 20.1 Å². The molecule has 2 fully saturated rings. The number of carboxylic acids is 1. The molecule has 2 amide bonds. The first kappa shape index (κ1) is 18.2. The number of hydrogen-bond donors (Lipinski definition) is 2. The number of amides is 2. The van der Waals surface area contributed by atoms with Crippen molar-refractivity contribution in [2.24, 2.45) is 5.92 Å². The molecule has 2 aromatic rings. The zero-order chi connectivity index (χ0) is 19.9. The van der Waals surface area contributed by atoms with Crippen LogP contribution < -0.4 is 0 Å². The first-order valence-corrected chi connectivity index (χ1v) is 9.31. The van der Waals surface area contributed by atoms with Crippen molar-refractivity contribution in [3.63, 3.8) is 0 Å². The van der Waals surface area contributed by atoms with Gasteiger partial charge < -0.3 is 19.9 Å². The summed E-state index contributed by atoms with van der Waals surface area (Å²) < 4.78 is 0.